The maximum atomic E-state index is 12.8. The molecule has 0 aromatic carbocycles. The molecule has 8 nitrogen and oxygen atoms in total. The van der Waals surface area contributed by atoms with Gasteiger partial charge in [-0.25, -0.2) is 14.8 Å². The summed E-state index contributed by atoms with van der Waals surface area (Å²) >= 11 is 1.25. The van der Waals surface area contributed by atoms with Gasteiger partial charge in [0.15, 0.2) is 5.65 Å². The molecule has 1 aliphatic rings. The second-order valence-corrected chi connectivity index (χ2v) is 8.62. The molecule has 0 saturated carbocycles. The molecule has 1 aliphatic heterocycles. The van der Waals surface area contributed by atoms with Crippen molar-refractivity contribution in [2.45, 2.75) is 51.6 Å². The van der Waals surface area contributed by atoms with E-state index in [4.69, 9.17) is 0 Å². The molecule has 0 N–H and O–H groups in total. The van der Waals surface area contributed by atoms with Gasteiger partial charge in [-0.2, -0.15) is 0 Å². The molecule has 0 atom stereocenters. The Morgan fingerprint density at radius 1 is 1.14 bits per heavy atom. The maximum Gasteiger partial charge on any atom is 0.332 e. The van der Waals surface area contributed by atoms with Gasteiger partial charge >= 0.3 is 5.69 Å². The van der Waals surface area contributed by atoms with Crippen LogP contribution in [0, 0.1) is 12.8 Å². The molecule has 0 radical (unpaired) electrons. The maximum absolute atomic E-state index is 12.8. The van der Waals surface area contributed by atoms with Crippen LogP contribution in [-0.4, -0.2) is 48.8 Å². The van der Waals surface area contributed by atoms with Crippen LogP contribution in [0.4, 0.5) is 0 Å². The van der Waals surface area contributed by atoms with E-state index >= 15 is 0 Å². The summed E-state index contributed by atoms with van der Waals surface area (Å²) in [6.45, 7) is 7.78. The lowest BCUT2D eigenvalue weighted by molar-refractivity contribution is -0.129. The zero-order chi connectivity index (χ0) is 20.4. The van der Waals surface area contributed by atoms with Gasteiger partial charge < -0.3 is 4.90 Å². The van der Waals surface area contributed by atoms with E-state index in [1.807, 2.05) is 18.7 Å². The van der Waals surface area contributed by atoms with Crippen LogP contribution in [-0.2, 0) is 18.4 Å². The first-order valence-electron chi connectivity index (χ1n) is 9.68. The number of carbonyl (C=O) groups is 1. The summed E-state index contributed by atoms with van der Waals surface area (Å²) in [4.78, 5) is 48.7. The molecule has 0 aliphatic carbocycles. The Morgan fingerprint density at radius 2 is 1.82 bits per heavy atom. The van der Waals surface area contributed by atoms with Crippen molar-refractivity contribution < 1.29 is 4.79 Å². The van der Waals surface area contributed by atoms with Crippen LogP contribution in [0.1, 0.15) is 38.9 Å². The van der Waals surface area contributed by atoms with Crippen molar-refractivity contribution in [2.75, 3.05) is 18.8 Å². The van der Waals surface area contributed by atoms with Crippen LogP contribution in [0.2, 0.25) is 0 Å². The molecular weight excluding hydrogens is 378 g/mol. The van der Waals surface area contributed by atoms with E-state index in [2.05, 4.69) is 9.97 Å². The summed E-state index contributed by atoms with van der Waals surface area (Å²) in [5, 5.41) is 0.774. The van der Waals surface area contributed by atoms with Crippen LogP contribution in [0.25, 0.3) is 11.0 Å². The topological polar surface area (TPSA) is 90.1 Å². The van der Waals surface area contributed by atoms with Gasteiger partial charge in [0.05, 0.1) is 5.75 Å². The lowest BCUT2D eigenvalue weighted by Gasteiger charge is -2.26. The van der Waals surface area contributed by atoms with Gasteiger partial charge in [-0.15, -0.1) is 0 Å². The van der Waals surface area contributed by atoms with E-state index in [1.54, 1.807) is 6.92 Å². The summed E-state index contributed by atoms with van der Waals surface area (Å²) < 4.78 is 2.63. The minimum absolute atomic E-state index is 0.0569. The van der Waals surface area contributed by atoms with Crippen LogP contribution >= 0.6 is 11.8 Å². The van der Waals surface area contributed by atoms with Crippen LogP contribution in [0.5, 0.6) is 0 Å². The van der Waals surface area contributed by atoms with Gasteiger partial charge in [-0.1, -0.05) is 25.6 Å². The summed E-state index contributed by atoms with van der Waals surface area (Å²) in [6.07, 6.45) is 3.23. The van der Waals surface area contributed by atoms with Crippen molar-refractivity contribution in [3.63, 3.8) is 0 Å². The number of rotatable bonds is 5. The highest BCUT2D eigenvalue weighted by Crippen LogP contribution is 2.23. The summed E-state index contributed by atoms with van der Waals surface area (Å²) in [6, 6.07) is 0. The normalized spacial score (nSPS) is 14.8. The van der Waals surface area contributed by atoms with E-state index in [-0.39, 0.29) is 23.3 Å². The number of aryl methyl sites for hydroxylation is 1. The van der Waals surface area contributed by atoms with E-state index < -0.39 is 5.56 Å². The number of hydrogen-bond donors (Lipinski definition) is 0. The molecule has 3 heterocycles. The Hall–Kier alpha value is -2.16. The summed E-state index contributed by atoms with van der Waals surface area (Å²) in [5.74, 6) is 0.968. The highest BCUT2D eigenvalue weighted by atomic mass is 32.2. The van der Waals surface area contributed by atoms with Crippen molar-refractivity contribution >= 4 is 28.7 Å². The standard InChI is InChI=1S/C19H27N5O3S/c1-12(2)10-24-16-15(18(26)22(4)19(24)27)17(21-13(3)20-16)28-11-14(25)23-8-6-5-7-9-23/h12H,5-11H2,1-4H3. The Morgan fingerprint density at radius 3 is 2.46 bits per heavy atom. The number of piperidine rings is 1. The SMILES string of the molecule is Cc1nc(SCC(=O)N2CCCCC2)c2c(=O)n(C)c(=O)n(CC(C)C)c2n1. The number of amides is 1. The molecule has 2 aromatic rings. The van der Waals surface area contributed by atoms with E-state index in [1.165, 1.54) is 23.4 Å². The van der Waals surface area contributed by atoms with Crippen molar-refractivity contribution in [3.05, 3.63) is 26.7 Å². The Kier molecular flexibility index (Phi) is 6.22. The van der Waals surface area contributed by atoms with Crippen LogP contribution in [0.3, 0.4) is 0 Å². The number of hydrogen-bond acceptors (Lipinski definition) is 6. The predicted molar refractivity (Wildman–Crippen MR) is 110 cm³/mol. The molecule has 28 heavy (non-hydrogen) atoms. The van der Waals surface area contributed by atoms with Gasteiger partial charge in [0, 0.05) is 26.7 Å². The average molecular weight is 406 g/mol. The number of nitrogens with zero attached hydrogens (tertiary/aromatic N) is 5. The fraction of sp³-hybridized carbons (Fsp3) is 0.632. The highest BCUT2D eigenvalue weighted by Gasteiger charge is 2.21. The number of thioether (sulfide) groups is 1. The first-order chi connectivity index (χ1) is 13.3. The van der Waals surface area contributed by atoms with Gasteiger partial charge in [0.2, 0.25) is 5.91 Å². The fourth-order valence-corrected chi connectivity index (χ4v) is 4.40. The molecule has 1 amide bonds. The second kappa shape index (κ2) is 8.46. The molecule has 9 heteroatoms. The van der Waals surface area contributed by atoms with Crippen molar-refractivity contribution in [2.24, 2.45) is 13.0 Å². The summed E-state index contributed by atoms with van der Waals surface area (Å²) in [7, 11) is 1.47. The lowest BCUT2D eigenvalue weighted by atomic mass is 10.1. The van der Waals surface area contributed by atoms with Crippen LogP contribution in [0.15, 0.2) is 14.6 Å². The monoisotopic (exact) mass is 405 g/mol. The van der Waals surface area contributed by atoms with Crippen LogP contribution < -0.4 is 11.2 Å². The molecule has 2 aromatic heterocycles. The fourth-order valence-electron chi connectivity index (χ4n) is 3.44. The van der Waals surface area contributed by atoms with Gasteiger partial charge in [0.1, 0.15) is 16.2 Å². The third kappa shape index (κ3) is 4.14. The third-order valence-corrected chi connectivity index (χ3v) is 5.81. The Bertz CT molecular complexity index is 1010. The van der Waals surface area contributed by atoms with E-state index in [0.29, 0.717) is 28.4 Å². The molecule has 0 unspecified atom stereocenters. The Labute approximate surface area is 168 Å². The van der Waals surface area contributed by atoms with Crippen molar-refractivity contribution in [3.8, 4) is 0 Å². The number of likely N-dealkylation sites (tertiary alicyclic amines) is 1. The first-order valence-corrected chi connectivity index (χ1v) is 10.7. The van der Waals surface area contributed by atoms with E-state index in [0.717, 1.165) is 36.9 Å². The molecule has 1 fully saturated rings. The second-order valence-electron chi connectivity index (χ2n) is 7.66. The smallest absolute Gasteiger partial charge is 0.332 e. The minimum Gasteiger partial charge on any atom is -0.342 e. The molecular formula is C19H27N5O3S. The largest absolute Gasteiger partial charge is 0.342 e. The van der Waals surface area contributed by atoms with Gasteiger partial charge in [0.25, 0.3) is 5.56 Å². The van der Waals surface area contributed by atoms with Gasteiger partial charge in [-0.3, -0.25) is 18.7 Å². The Balaban J connectivity index is 2.02. The zero-order valence-corrected chi connectivity index (χ0v) is 17.7. The zero-order valence-electron chi connectivity index (χ0n) is 16.9. The number of aromatic nitrogens is 4. The molecule has 0 bridgehead atoms. The number of carbonyl (C=O) groups excluding carboxylic acids is 1. The lowest BCUT2D eigenvalue weighted by Crippen LogP contribution is -2.40. The molecule has 152 valence electrons. The molecule has 1 saturated heterocycles. The third-order valence-electron chi connectivity index (χ3n) is 4.85. The minimum atomic E-state index is -0.423. The predicted octanol–water partition coefficient (Wildman–Crippen LogP) is 1.56. The first kappa shape index (κ1) is 20.6. The number of fused-ring (bicyclic) bond motifs is 1. The quantitative estimate of drug-likeness (QED) is 0.554. The summed E-state index contributed by atoms with van der Waals surface area (Å²) in [5.41, 5.74) is -0.459. The molecule has 3 rings (SSSR count). The van der Waals surface area contributed by atoms with Crippen molar-refractivity contribution in [1.29, 1.82) is 0 Å². The van der Waals surface area contributed by atoms with Crippen molar-refractivity contribution in [1.82, 2.24) is 24.0 Å². The van der Waals surface area contributed by atoms with E-state index in [9.17, 15) is 14.4 Å². The van der Waals surface area contributed by atoms with Gasteiger partial charge in [-0.05, 0) is 32.1 Å². The average Bonchev–Trinajstić information content (AvgIpc) is 2.67. The molecule has 0 spiro atoms. The highest BCUT2D eigenvalue weighted by molar-refractivity contribution is 8.00.